The van der Waals surface area contributed by atoms with Gasteiger partial charge in [-0.3, -0.25) is 4.79 Å². The Labute approximate surface area is 145 Å². The van der Waals surface area contributed by atoms with Crippen LogP contribution in [0.5, 0.6) is 0 Å². The highest BCUT2D eigenvalue weighted by Gasteiger charge is 2.34. The summed E-state index contributed by atoms with van der Waals surface area (Å²) in [7, 11) is -0.0418. The normalized spacial score (nSPS) is 17.1. The molecular weight excluding hydrogens is 324 g/mol. The molecule has 0 aromatic heterocycles. The predicted molar refractivity (Wildman–Crippen MR) is 95.6 cm³/mol. The fraction of sp³-hybridized carbons (Fsp3) is 0.611. The first-order chi connectivity index (χ1) is 11.1. The number of rotatable bonds is 3. The molecule has 134 valence electrons. The second-order valence-corrected chi connectivity index (χ2v) is 8.88. The van der Waals surface area contributed by atoms with Crippen molar-refractivity contribution in [3.05, 3.63) is 28.3 Å². The van der Waals surface area contributed by atoms with Crippen molar-refractivity contribution in [3.63, 3.8) is 0 Å². The zero-order valence-corrected chi connectivity index (χ0v) is 16.3. The van der Waals surface area contributed by atoms with Crippen LogP contribution < -0.4 is 0 Å². The van der Waals surface area contributed by atoms with Crippen molar-refractivity contribution in [2.24, 2.45) is 5.92 Å². The standard InChI is InChI=1S/C18H28N2O3S/c1-12-11-13(2)15(4)17(14(12)3)24(22,23)20-9-7-16(8-10-20)18(21)19(5)6/h11,16H,7-10H2,1-6H3. The van der Waals surface area contributed by atoms with E-state index in [-0.39, 0.29) is 11.8 Å². The van der Waals surface area contributed by atoms with Crippen molar-refractivity contribution in [3.8, 4) is 0 Å². The number of carbonyl (C=O) groups is 1. The molecule has 6 heteroatoms. The van der Waals surface area contributed by atoms with Gasteiger partial charge in [-0.2, -0.15) is 4.31 Å². The van der Waals surface area contributed by atoms with Crippen LogP contribution in [-0.2, 0) is 14.8 Å². The van der Waals surface area contributed by atoms with Gasteiger partial charge in [0.25, 0.3) is 0 Å². The molecule has 0 N–H and O–H groups in total. The first-order valence-corrected chi connectivity index (χ1v) is 9.80. The van der Waals surface area contributed by atoms with E-state index in [9.17, 15) is 13.2 Å². The lowest BCUT2D eigenvalue weighted by atomic mass is 9.97. The summed E-state index contributed by atoms with van der Waals surface area (Å²) in [4.78, 5) is 14.1. The lowest BCUT2D eigenvalue weighted by Crippen LogP contribution is -2.43. The lowest BCUT2D eigenvalue weighted by Gasteiger charge is -2.32. The summed E-state index contributed by atoms with van der Waals surface area (Å²) in [6.07, 6.45) is 1.16. The summed E-state index contributed by atoms with van der Waals surface area (Å²) < 4.78 is 27.9. The van der Waals surface area contributed by atoms with E-state index in [1.165, 1.54) is 0 Å². The number of piperidine rings is 1. The van der Waals surface area contributed by atoms with Crippen LogP contribution in [0.4, 0.5) is 0 Å². The summed E-state index contributed by atoms with van der Waals surface area (Å²) in [6.45, 7) is 8.44. The Morgan fingerprint density at radius 2 is 1.50 bits per heavy atom. The van der Waals surface area contributed by atoms with Crippen molar-refractivity contribution in [1.82, 2.24) is 9.21 Å². The summed E-state index contributed by atoms with van der Waals surface area (Å²) in [5.41, 5.74) is 3.64. The molecule has 1 fully saturated rings. The third-order valence-corrected chi connectivity index (χ3v) is 7.31. The van der Waals surface area contributed by atoms with Gasteiger partial charge >= 0.3 is 0 Å². The maximum atomic E-state index is 13.2. The third-order valence-electron chi connectivity index (χ3n) is 5.14. The molecule has 1 aliphatic rings. The fourth-order valence-corrected chi connectivity index (χ4v) is 5.45. The van der Waals surface area contributed by atoms with Crippen LogP contribution in [0.1, 0.15) is 35.1 Å². The van der Waals surface area contributed by atoms with Gasteiger partial charge in [-0.25, -0.2) is 8.42 Å². The van der Waals surface area contributed by atoms with E-state index in [1.54, 1.807) is 23.3 Å². The predicted octanol–water partition coefficient (Wildman–Crippen LogP) is 2.41. The molecule has 0 aliphatic carbocycles. The van der Waals surface area contributed by atoms with E-state index < -0.39 is 10.0 Å². The Balaban J connectivity index is 2.30. The second kappa shape index (κ2) is 6.84. The monoisotopic (exact) mass is 352 g/mol. The Bertz CT molecular complexity index is 720. The van der Waals surface area contributed by atoms with Crippen molar-refractivity contribution in [1.29, 1.82) is 0 Å². The molecule has 0 atom stereocenters. The van der Waals surface area contributed by atoms with E-state index in [0.717, 1.165) is 22.3 Å². The molecule has 0 bridgehead atoms. The number of sulfonamides is 1. The van der Waals surface area contributed by atoms with E-state index >= 15 is 0 Å². The van der Waals surface area contributed by atoms with Crippen LogP contribution in [0.25, 0.3) is 0 Å². The molecule has 0 unspecified atom stereocenters. The molecule has 5 nitrogen and oxygen atoms in total. The number of hydrogen-bond donors (Lipinski definition) is 0. The topological polar surface area (TPSA) is 57.7 Å². The molecule has 1 aromatic carbocycles. The highest BCUT2D eigenvalue weighted by molar-refractivity contribution is 7.89. The number of benzene rings is 1. The number of hydrogen-bond acceptors (Lipinski definition) is 3. The molecule has 0 saturated carbocycles. The van der Waals surface area contributed by atoms with Crippen LogP contribution >= 0.6 is 0 Å². The lowest BCUT2D eigenvalue weighted by molar-refractivity contribution is -0.134. The van der Waals surface area contributed by atoms with Crippen molar-refractivity contribution in [2.75, 3.05) is 27.2 Å². The first kappa shape index (κ1) is 18.9. The number of amides is 1. The highest BCUT2D eigenvalue weighted by atomic mass is 32.2. The molecule has 1 aromatic rings. The van der Waals surface area contributed by atoms with Gasteiger partial charge in [0.1, 0.15) is 0 Å². The van der Waals surface area contributed by atoms with Crippen LogP contribution in [0.3, 0.4) is 0 Å². The second-order valence-electron chi connectivity index (χ2n) is 7.00. The Kier molecular flexibility index (Phi) is 5.40. The smallest absolute Gasteiger partial charge is 0.243 e. The summed E-state index contributed by atoms with van der Waals surface area (Å²) in [5, 5.41) is 0. The van der Waals surface area contributed by atoms with Crippen LogP contribution in [0.2, 0.25) is 0 Å². The van der Waals surface area contributed by atoms with E-state index in [4.69, 9.17) is 0 Å². The van der Waals surface area contributed by atoms with E-state index in [2.05, 4.69) is 0 Å². The third kappa shape index (κ3) is 3.35. The molecule has 1 saturated heterocycles. The zero-order chi connectivity index (χ0) is 18.2. The number of aryl methyl sites for hydroxylation is 2. The van der Waals surface area contributed by atoms with Gasteiger partial charge in [-0.1, -0.05) is 6.07 Å². The average molecular weight is 353 g/mol. The average Bonchev–Trinajstić information content (AvgIpc) is 2.52. The number of nitrogens with zero attached hydrogens (tertiary/aromatic N) is 2. The summed E-state index contributed by atoms with van der Waals surface area (Å²) in [6, 6.07) is 2.03. The minimum absolute atomic E-state index is 0.0760. The largest absolute Gasteiger partial charge is 0.349 e. The van der Waals surface area contributed by atoms with Crippen molar-refractivity contribution >= 4 is 15.9 Å². The Morgan fingerprint density at radius 1 is 1.04 bits per heavy atom. The SMILES string of the molecule is Cc1cc(C)c(C)c(S(=O)(=O)N2CCC(C(=O)N(C)C)CC2)c1C. The molecule has 2 rings (SSSR count). The number of carbonyl (C=O) groups excluding carboxylic acids is 1. The molecule has 0 spiro atoms. The molecule has 1 heterocycles. The maximum absolute atomic E-state index is 13.2. The maximum Gasteiger partial charge on any atom is 0.243 e. The molecule has 0 radical (unpaired) electrons. The van der Waals surface area contributed by atoms with Gasteiger partial charge in [-0.05, 0) is 62.8 Å². The Hall–Kier alpha value is -1.40. The zero-order valence-electron chi connectivity index (χ0n) is 15.5. The summed E-state index contributed by atoms with van der Waals surface area (Å²) >= 11 is 0. The van der Waals surface area contributed by atoms with Crippen molar-refractivity contribution in [2.45, 2.75) is 45.4 Å². The van der Waals surface area contributed by atoms with E-state index in [0.29, 0.717) is 30.8 Å². The first-order valence-electron chi connectivity index (χ1n) is 8.36. The highest BCUT2D eigenvalue weighted by Crippen LogP contribution is 2.31. The van der Waals surface area contributed by atoms with E-state index in [1.807, 2.05) is 33.8 Å². The Morgan fingerprint density at radius 3 is 1.92 bits per heavy atom. The van der Waals surface area contributed by atoms with Gasteiger partial charge < -0.3 is 4.90 Å². The van der Waals surface area contributed by atoms with Gasteiger partial charge in [0.2, 0.25) is 15.9 Å². The van der Waals surface area contributed by atoms with Gasteiger partial charge in [0, 0.05) is 33.1 Å². The van der Waals surface area contributed by atoms with Crippen LogP contribution in [0.15, 0.2) is 11.0 Å². The van der Waals surface area contributed by atoms with Crippen molar-refractivity contribution < 1.29 is 13.2 Å². The van der Waals surface area contributed by atoms with Gasteiger partial charge in [-0.15, -0.1) is 0 Å². The summed E-state index contributed by atoms with van der Waals surface area (Å²) in [5.74, 6) is 0.0127. The van der Waals surface area contributed by atoms with Gasteiger partial charge in [0.15, 0.2) is 0 Å². The molecular formula is C18H28N2O3S. The molecule has 1 aliphatic heterocycles. The minimum atomic E-state index is -3.53. The fourth-order valence-electron chi connectivity index (χ4n) is 3.40. The molecule has 24 heavy (non-hydrogen) atoms. The minimum Gasteiger partial charge on any atom is -0.349 e. The quantitative estimate of drug-likeness (QED) is 0.839. The van der Waals surface area contributed by atoms with Gasteiger partial charge in [0.05, 0.1) is 4.90 Å². The van der Waals surface area contributed by atoms with Crippen LogP contribution in [0, 0.1) is 33.6 Å². The van der Waals surface area contributed by atoms with Crippen LogP contribution in [-0.4, -0.2) is 50.7 Å². The molecule has 1 amide bonds.